The van der Waals surface area contributed by atoms with Gasteiger partial charge in [-0.3, -0.25) is 9.69 Å². The molecule has 0 aliphatic carbocycles. The van der Waals surface area contributed by atoms with Crippen molar-refractivity contribution < 1.29 is 9.53 Å². The van der Waals surface area contributed by atoms with Gasteiger partial charge in [0, 0.05) is 35.1 Å². The molecular weight excluding hydrogens is 294 g/mol. The van der Waals surface area contributed by atoms with Crippen LogP contribution in [0.15, 0.2) is 29.6 Å². The molecule has 2 heterocycles. The largest absolute Gasteiger partial charge is 0.496 e. The van der Waals surface area contributed by atoms with Gasteiger partial charge in [0.05, 0.1) is 7.11 Å². The number of carbonyl (C=O) groups excluding carboxylic acids is 1. The lowest BCUT2D eigenvalue weighted by Gasteiger charge is -2.34. The Morgan fingerprint density at radius 2 is 2.23 bits per heavy atom. The maximum atomic E-state index is 11.6. The first-order valence-corrected chi connectivity index (χ1v) is 8.46. The van der Waals surface area contributed by atoms with Gasteiger partial charge in [-0.1, -0.05) is 0 Å². The fraction of sp³-hybridized carbons (Fsp3) is 0.389. The number of fused-ring (bicyclic) bond motifs is 1. The van der Waals surface area contributed by atoms with Gasteiger partial charge in [-0.05, 0) is 55.5 Å². The number of ether oxygens (including phenoxy) is 1. The van der Waals surface area contributed by atoms with Gasteiger partial charge in [0.25, 0.3) is 0 Å². The summed E-state index contributed by atoms with van der Waals surface area (Å²) in [6, 6.07) is 8.34. The number of nitrogens with zero attached hydrogens (tertiary/aromatic N) is 1. The van der Waals surface area contributed by atoms with Gasteiger partial charge >= 0.3 is 0 Å². The molecule has 1 aliphatic rings. The maximum absolute atomic E-state index is 11.6. The van der Waals surface area contributed by atoms with Crippen molar-refractivity contribution in [1.82, 2.24) is 4.90 Å². The number of methoxy groups -OCH3 is 1. The van der Waals surface area contributed by atoms with E-state index in [0.29, 0.717) is 6.04 Å². The topological polar surface area (TPSA) is 29.5 Å². The second kappa shape index (κ2) is 6.23. The molecule has 0 fully saturated rings. The van der Waals surface area contributed by atoms with Crippen molar-refractivity contribution in [2.24, 2.45) is 0 Å². The predicted octanol–water partition coefficient (Wildman–Crippen LogP) is 4.08. The van der Waals surface area contributed by atoms with E-state index >= 15 is 0 Å². The zero-order valence-electron chi connectivity index (χ0n) is 13.3. The SMILES string of the molecule is COc1ccc(C(C)=O)cc1CN1CCc2sccc2[C@@H]1C. The third-order valence-corrected chi connectivity index (χ3v) is 5.46. The zero-order chi connectivity index (χ0) is 15.7. The number of Topliss-reactive ketones (excluding diaryl/α,β-unsaturated/α-hetero) is 1. The van der Waals surface area contributed by atoms with E-state index in [1.165, 1.54) is 10.4 Å². The Labute approximate surface area is 135 Å². The van der Waals surface area contributed by atoms with Crippen LogP contribution in [0, 0.1) is 0 Å². The van der Waals surface area contributed by atoms with Crippen molar-refractivity contribution in [3.8, 4) is 5.75 Å². The van der Waals surface area contributed by atoms with Crippen molar-refractivity contribution in [2.75, 3.05) is 13.7 Å². The molecule has 1 aliphatic heterocycles. The molecule has 0 unspecified atom stereocenters. The van der Waals surface area contributed by atoms with Crippen molar-refractivity contribution >= 4 is 17.1 Å². The molecule has 0 amide bonds. The summed E-state index contributed by atoms with van der Waals surface area (Å²) in [5, 5.41) is 2.18. The van der Waals surface area contributed by atoms with E-state index in [1.807, 2.05) is 29.5 Å². The third-order valence-electron chi connectivity index (χ3n) is 4.46. The highest BCUT2D eigenvalue weighted by Crippen LogP contribution is 2.34. The molecule has 0 spiro atoms. The van der Waals surface area contributed by atoms with Crippen molar-refractivity contribution in [1.29, 1.82) is 0 Å². The monoisotopic (exact) mass is 315 g/mol. The first kappa shape index (κ1) is 15.3. The van der Waals surface area contributed by atoms with Crippen LogP contribution in [0.5, 0.6) is 5.75 Å². The number of rotatable bonds is 4. The minimum absolute atomic E-state index is 0.0933. The molecule has 0 radical (unpaired) electrons. The molecule has 1 aromatic carbocycles. The molecular formula is C18H21NO2S. The number of benzene rings is 1. The number of ketones is 1. The van der Waals surface area contributed by atoms with Crippen molar-refractivity contribution in [3.63, 3.8) is 0 Å². The van der Waals surface area contributed by atoms with Crippen LogP contribution in [0.3, 0.4) is 0 Å². The van der Waals surface area contributed by atoms with Crippen LogP contribution in [-0.2, 0) is 13.0 Å². The molecule has 4 heteroatoms. The first-order valence-electron chi connectivity index (χ1n) is 7.58. The van der Waals surface area contributed by atoms with E-state index in [-0.39, 0.29) is 5.78 Å². The number of hydrogen-bond acceptors (Lipinski definition) is 4. The molecule has 3 nitrogen and oxygen atoms in total. The average Bonchev–Trinajstić information content (AvgIpc) is 2.99. The van der Waals surface area contributed by atoms with Gasteiger partial charge in [-0.15, -0.1) is 11.3 Å². The Bertz CT molecular complexity index is 692. The van der Waals surface area contributed by atoms with Crippen LogP contribution in [-0.4, -0.2) is 24.3 Å². The second-order valence-corrected chi connectivity index (χ2v) is 6.78. The van der Waals surface area contributed by atoms with Gasteiger partial charge in [0.15, 0.2) is 5.78 Å². The number of thiophene rings is 1. The highest BCUT2D eigenvalue weighted by Gasteiger charge is 2.25. The zero-order valence-corrected chi connectivity index (χ0v) is 14.1. The standard InChI is InChI=1S/C18H21NO2S/c1-12-16-7-9-22-18(16)6-8-19(12)11-15-10-14(13(2)20)4-5-17(15)21-3/h4-5,7,9-10,12H,6,8,11H2,1-3H3/t12-/m0/s1. The van der Waals surface area contributed by atoms with Crippen LogP contribution >= 0.6 is 11.3 Å². The fourth-order valence-electron chi connectivity index (χ4n) is 3.12. The van der Waals surface area contributed by atoms with Crippen LogP contribution in [0.2, 0.25) is 0 Å². The Morgan fingerprint density at radius 3 is 2.95 bits per heavy atom. The van der Waals surface area contributed by atoms with Crippen LogP contribution in [0.25, 0.3) is 0 Å². The lowest BCUT2D eigenvalue weighted by Crippen LogP contribution is -2.32. The molecule has 0 saturated heterocycles. The Kier molecular flexibility index (Phi) is 4.32. The summed E-state index contributed by atoms with van der Waals surface area (Å²) in [7, 11) is 1.68. The Balaban J connectivity index is 1.87. The van der Waals surface area contributed by atoms with Gasteiger partial charge in [0.1, 0.15) is 5.75 Å². The van der Waals surface area contributed by atoms with Gasteiger partial charge in [0.2, 0.25) is 0 Å². The Morgan fingerprint density at radius 1 is 1.41 bits per heavy atom. The van der Waals surface area contributed by atoms with Gasteiger partial charge in [-0.25, -0.2) is 0 Å². The molecule has 0 bridgehead atoms. The molecule has 0 N–H and O–H groups in total. The minimum Gasteiger partial charge on any atom is -0.496 e. The Hall–Kier alpha value is -1.65. The lowest BCUT2D eigenvalue weighted by molar-refractivity contribution is 0.101. The third kappa shape index (κ3) is 2.81. The van der Waals surface area contributed by atoms with Gasteiger partial charge in [-0.2, -0.15) is 0 Å². The second-order valence-electron chi connectivity index (χ2n) is 5.78. The highest BCUT2D eigenvalue weighted by atomic mass is 32.1. The first-order chi connectivity index (χ1) is 10.6. The summed E-state index contributed by atoms with van der Waals surface area (Å²) >= 11 is 1.86. The van der Waals surface area contributed by atoms with E-state index < -0.39 is 0 Å². The summed E-state index contributed by atoms with van der Waals surface area (Å²) < 4.78 is 5.48. The molecule has 1 atom stereocenters. The van der Waals surface area contributed by atoms with E-state index in [0.717, 1.165) is 36.4 Å². The molecule has 2 aromatic rings. The smallest absolute Gasteiger partial charge is 0.159 e. The summed E-state index contributed by atoms with van der Waals surface area (Å²) in [6.45, 7) is 5.71. The summed E-state index contributed by atoms with van der Waals surface area (Å²) in [4.78, 5) is 15.6. The molecule has 3 rings (SSSR count). The van der Waals surface area contributed by atoms with Crippen LogP contribution in [0.1, 0.15) is 46.3 Å². The summed E-state index contributed by atoms with van der Waals surface area (Å²) in [5.41, 5.74) is 3.27. The number of carbonyl (C=O) groups is 1. The van der Waals surface area contributed by atoms with Crippen LogP contribution in [0.4, 0.5) is 0 Å². The predicted molar refractivity (Wildman–Crippen MR) is 89.8 cm³/mol. The highest BCUT2D eigenvalue weighted by molar-refractivity contribution is 7.10. The quantitative estimate of drug-likeness (QED) is 0.796. The molecule has 0 saturated carbocycles. The molecule has 116 valence electrons. The summed E-state index contributed by atoms with van der Waals surface area (Å²) in [6.07, 6.45) is 1.10. The van der Waals surface area contributed by atoms with Crippen molar-refractivity contribution in [2.45, 2.75) is 32.9 Å². The van der Waals surface area contributed by atoms with E-state index in [9.17, 15) is 4.79 Å². The molecule has 22 heavy (non-hydrogen) atoms. The maximum Gasteiger partial charge on any atom is 0.159 e. The average molecular weight is 315 g/mol. The van der Waals surface area contributed by atoms with E-state index in [2.05, 4.69) is 23.3 Å². The fourth-order valence-corrected chi connectivity index (χ4v) is 4.08. The number of hydrogen-bond donors (Lipinski definition) is 0. The van der Waals surface area contributed by atoms with E-state index in [1.54, 1.807) is 14.0 Å². The lowest BCUT2D eigenvalue weighted by atomic mass is 9.99. The summed E-state index contributed by atoms with van der Waals surface area (Å²) in [5.74, 6) is 0.948. The van der Waals surface area contributed by atoms with E-state index in [4.69, 9.17) is 4.74 Å². The van der Waals surface area contributed by atoms with Crippen molar-refractivity contribution in [3.05, 3.63) is 51.2 Å². The minimum atomic E-state index is 0.0933. The molecule has 1 aromatic heterocycles. The normalized spacial score (nSPS) is 18.0. The van der Waals surface area contributed by atoms with Gasteiger partial charge < -0.3 is 4.74 Å². The van der Waals surface area contributed by atoms with Crippen LogP contribution < -0.4 is 4.74 Å².